The van der Waals surface area contributed by atoms with Crippen LogP contribution in [0.4, 0.5) is 0 Å². The van der Waals surface area contributed by atoms with Crippen molar-refractivity contribution in [2.75, 3.05) is 13.2 Å². The molecule has 0 aromatic carbocycles. The smallest absolute Gasteiger partial charge is 0.257 e. The van der Waals surface area contributed by atoms with E-state index < -0.39 is 0 Å². The average Bonchev–Trinajstić information content (AvgIpc) is 3.20. The Hall–Kier alpha value is -2.34. The van der Waals surface area contributed by atoms with Gasteiger partial charge in [-0.05, 0) is 38.0 Å². The number of likely N-dealkylation sites (tertiary alicyclic amines) is 1. The fourth-order valence-electron chi connectivity index (χ4n) is 3.60. The average molecular weight is 328 g/mol. The molecule has 4 rings (SSSR count). The number of pyridine rings is 1. The second kappa shape index (κ2) is 6.28. The van der Waals surface area contributed by atoms with Crippen molar-refractivity contribution in [3.05, 3.63) is 48.2 Å². The number of nitrogens with zero attached hydrogens (tertiary/aromatic N) is 2. The molecule has 2 saturated heterocycles. The number of rotatable bonds is 3. The molecular weight excluding hydrogens is 308 g/mol. The number of ether oxygens (including phenoxy) is 2. The molecule has 0 unspecified atom stereocenters. The van der Waals surface area contributed by atoms with Crippen LogP contribution in [0.15, 0.2) is 41.3 Å². The first-order valence-corrected chi connectivity index (χ1v) is 8.27. The molecule has 2 aliphatic heterocycles. The van der Waals surface area contributed by atoms with E-state index in [1.807, 2.05) is 24.0 Å². The predicted molar refractivity (Wildman–Crippen MR) is 85.9 cm³/mol. The Morgan fingerprint density at radius 2 is 2.33 bits per heavy atom. The summed E-state index contributed by atoms with van der Waals surface area (Å²) in [6, 6.07) is 5.48. The fraction of sp³-hybridized carbons (Fsp3) is 0.444. The molecule has 0 spiro atoms. The van der Waals surface area contributed by atoms with E-state index in [0.29, 0.717) is 30.2 Å². The van der Waals surface area contributed by atoms with E-state index in [1.165, 1.54) is 0 Å². The fourth-order valence-corrected chi connectivity index (χ4v) is 3.60. The maximum absolute atomic E-state index is 12.9. The van der Waals surface area contributed by atoms with Crippen LogP contribution in [0.25, 0.3) is 0 Å². The Morgan fingerprint density at radius 3 is 3.08 bits per heavy atom. The van der Waals surface area contributed by atoms with Gasteiger partial charge in [0.05, 0.1) is 30.6 Å². The number of amides is 1. The highest BCUT2D eigenvalue weighted by Crippen LogP contribution is 2.33. The van der Waals surface area contributed by atoms with Crippen molar-refractivity contribution < 1.29 is 18.7 Å². The van der Waals surface area contributed by atoms with Gasteiger partial charge in [0.25, 0.3) is 5.91 Å². The molecular formula is C18H20N2O4. The van der Waals surface area contributed by atoms with Gasteiger partial charge in [-0.3, -0.25) is 9.78 Å². The second-order valence-electron chi connectivity index (χ2n) is 6.24. The van der Waals surface area contributed by atoms with Crippen LogP contribution in [0.3, 0.4) is 0 Å². The summed E-state index contributed by atoms with van der Waals surface area (Å²) in [6.07, 6.45) is 6.54. The summed E-state index contributed by atoms with van der Waals surface area (Å²) in [5.41, 5.74) is 0.612. The van der Waals surface area contributed by atoms with Crippen LogP contribution in [0.5, 0.6) is 5.75 Å². The van der Waals surface area contributed by atoms with Gasteiger partial charge in [0.1, 0.15) is 23.7 Å². The van der Waals surface area contributed by atoms with Crippen LogP contribution < -0.4 is 4.74 Å². The summed E-state index contributed by atoms with van der Waals surface area (Å²) in [5, 5.41) is 0. The first kappa shape index (κ1) is 15.2. The van der Waals surface area contributed by atoms with E-state index in [2.05, 4.69) is 4.98 Å². The van der Waals surface area contributed by atoms with Crippen molar-refractivity contribution in [1.29, 1.82) is 0 Å². The van der Waals surface area contributed by atoms with E-state index >= 15 is 0 Å². The highest BCUT2D eigenvalue weighted by Gasteiger charge is 2.47. The standard InChI is InChI=1S/C18H20N2O4/c1-12-14(6-9-22-12)18(21)20-11-16(17-15(20)5-3-8-23-17)24-13-4-2-7-19-10-13/h2,4,6-7,9-10,15-17H,3,5,8,11H2,1H3/t15-,16+,17+/m1/s1. The maximum atomic E-state index is 12.9. The highest BCUT2D eigenvalue weighted by molar-refractivity contribution is 5.95. The summed E-state index contributed by atoms with van der Waals surface area (Å²) >= 11 is 0. The lowest BCUT2D eigenvalue weighted by molar-refractivity contribution is -0.0447. The first-order chi connectivity index (χ1) is 11.7. The van der Waals surface area contributed by atoms with Crippen molar-refractivity contribution in [3.8, 4) is 5.75 Å². The van der Waals surface area contributed by atoms with Crippen LogP contribution in [0.2, 0.25) is 0 Å². The first-order valence-electron chi connectivity index (χ1n) is 8.27. The largest absolute Gasteiger partial charge is 0.484 e. The minimum Gasteiger partial charge on any atom is -0.484 e. The predicted octanol–water partition coefficient (Wildman–Crippen LogP) is 2.43. The zero-order valence-electron chi connectivity index (χ0n) is 13.6. The van der Waals surface area contributed by atoms with Crippen molar-refractivity contribution in [2.24, 2.45) is 0 Å². The van der Waals surface area contributed by atoms with Crippen molar-refractivity contribution >= 4 is 5.91 Å². The molecule has 0 saturated carbocycles. The Balaban J connectivity index is 1.57. The number of fused-ring (bicyclic) bond motifs is 1. The number of aromatic nitrogens is 1. The molecule has 2 aliphatic rings. The van der Waals surface area contributed by atoms with Gasteiger partial charge in [0.2, 0.25) is 0 Å². The molecule has 4 heterocycles. The molecule has 0 aliphatic carbocycles. The van der Waals surface area contributed by atoms with Gasteiger partial charge in [-0.25, -0.2) is 0 Å². The molecule has 2 fully saturated rings. The third-order valence-electron chi connectivity index (χ3n) is 4.75. The number of hydrogen-bond donors (Lipinski definition) is 0. The number of carbonyl (C=O) groups is 1. The van der Waals surface area contributed by atoms with Crippen LogP contribution in [0, 0.1) is 6.92 Å². The molecule has 126 valence electrons. The Labute approximate surface area is 140 Å². The Kier molecular flexibility index (Phi) is 3.98. The van der Waals surface area contributed by atoms with Crippen molar-refractivity contribution in [1.82, 2.24) is 9.88 Å². The molecule has 6 heteroatoms. The van der Waals surface area contributed by atoms with Crippen molar-refractivity contribution in [3.63, 3.8) is 0 Å². The number of carbonyl (C=O) groups excluding carboxylic acids is 1. The number of aryl methyl sites for hydroxylation is 1. The molecule has 2 aromatic heterocycles. The lowest BCUT2D eigenvalue weighted by atomic mass is 10.0. The lowest BCUT2D eigenvalue weighted by Gasteiger charge is -2.32. The lowest BCUT2D eigenvalue weighted by Crippen LogP contribution is -2.44. The number of furan rings is 1. The summed E-state index contributed by atoms with van der Waals surface area (Å²) in [5.74, 6) is 1.33. The van der Waals surface area contributed by atoms with E-state index in [-0.39, 0.29) is 24.2 Å². The maximum Gasteiger partial charge on any atom is 0.257 e. The monoisotopic (exact) mass is 328 g/mol. The van der Waals surface area contributed by atoms with Gasteiger partial charge in [0, 0.05) is 12.8 Å². The van der Waals surface area contributed by atoms with Gasteiger partial charge in [-0.15, -0.1) is 0 Å². The zero-order chi connectivity index (χ0) is 16.5. The van der Waals surface area contributed by atoms with Crippen molar-refractivity contribution in [2.45, 2.75) is 38.0 Å². The normalized spacial score (nSPS) is 26.2. The summed E-state index contributed by atoms with van der Waals surface area (Å²) in [4.78, 5) is 18.9. The van der Waals surface area contributed by atoms with E-state index in [4.69, 9.17) is 13.9 Å². The molecule has 0 radical (unpaired) electrons. The molecule has 24 heavy (non-hydrogen) atoms. The second-order valence-corrected chi connectivity index (χ2v) is 6.24. The minimum atomic E-state index is -0.185. The highest BCUT2D eigenvalue weighted by atomic mass is 16.5. The number of hydrogen-bond acceptors (Lipinski definition) is 5. The SMILES string of the molecule is Cc1occc1C(=O)N1C[C@H](Oc2cccnc2)[C@H]2OCCC[C@H]21. The van der Waals surface area contributed by atoms with Crippen LogP contribution >= 0.6 is 0 Å². The third kappa shape index (κ3) is 2.67. The quantitative estimate of drug-likeness (QED) is 0.866. The van der Waals surface area contributed by atoms with Gasteiger partial charge < -0.3 is 18.8 Å². The van der Waals surface area contributed by atoms with Gasteiger partial charge in [-0.1, -0.05) is 0 Å². The molecule has 0 bridgehead atoms. The van der Waals surface area contributed by atoms with E-state index in [0.717, 1.165) is 12.8 Å². The molecule has 3 atom stereocenters. The summed E-state index contributed by atoms with van der Waals surface area (Å²) in [6.45, 7) is 3.02. The Bertz CT molecular complexity index is 715. The van der Waals surface area contributed by atoms with E-state index in [1.54, 1.807) is 24.7 Å². The van der Waals surface area contributed by atoms with Crippen LogP contribution in [-0.4, -0.2) is 47.2 Å². The van der Waals surface area contributed by atoms with Crippen LogP contribution in [-0.2, 0) is 4.74 Å². The topological polar surface area (TPSA) is 64.8 Å². The molecule has 2 aromatic rings. The van der Waals surface area contributed by atoms with Crippen LogP contribution in [0.1, 0.15) is 29.0 Å². The van der Waals surface area contributed by atoms with Gasteiger partial charge in [0.15, 0.2) is 0 Å². The third-order valence-corrected chi connectivity index (χ3v) is 4.75. The van der Waals surface area contributed by atoms with Gasteiger partial charge in [-0.2, -0.15) is 0 Å². The van der Waals surface area contributed by atoms with E-state index in [9.17, 15) is 4.79 Å². The van der Waals surface area contributed by atoms with Gasteiger partial charge >= 0.3 is 0 Å². The summed E-state index contributed by atoms with van der Waals surface area (Å²) in [7, 11) is 0. The zero-order valence-corrected chi connectivity index (χ0v) is 13.6. The summed E-state index contributed by atoms with van der Waals surface area (Å²) < 4.78 is 17.3. The molecule has 6 nitrogen and oxygen atoms in total. The minimum absolute atomic E-state index is 0.0148. The Morgan fingerprint density at radius 1 is 1.42 bits per heavy atom. The molecule has 0 N–H and O–H groups in total. The molecule has 1 amide bonds.